The molecule has 0 spiro atoms. The van der Waals surface area contributed by atoms with Gasteiger partial charge in [-0.1, -0.05) is 30.4 Å². The maximum atomic E-state index is 13.4. The quantitative estimate of drug-likeness (QED) is 0.853. The lowest BCUT2D eigenvalue weighted by atomic mass is 10.2. The highest BCUT2D eigenvalue weighted by molar-refractivity contribution is 7.80. The molecule has 2 rings (SSSR count). The normalized spacial score (nSPS) is 10.1. The molecular weight excluding hydrogens is 253 g/mol. The fourth-order valence-corrected chi connectivity index (χ4v) is 1.53. The van der Waals surface area contributed by atoms with Crippen LogP contribution in [0, 0.1) is 5.82 Å². The van der Waals surface area contributed by atoms with E-state index in [4.69, 9.17) is 22.7 Å². The van der Waals surface area contributed by atoms with Crippen LogP contribution in [0.25, 0.3) is 0 Å². The minimum Gasteiger partial charge on any atom is -0.471 e. The molecule has 4 nitrogen and oxygen atoms in total. The summed E-state index contributed by atoms with van der Waals surface area (Å²) in [5.41, 5.74) is 6.43. The average Bonchev–Trinajstić information content (AvgIpc) is 2.38. The summed E-state index contributed by atoms with van der Waals surface area (Å²) in [6, 6.07) is 7.94. The van der Waals surface area contributed by atoms with Crippen molar-refractivity contribution in [3.63, 3.8) is 0 Å². The van der Waals surface area contributed by atoms with Crippen LogP contribution in [0.5, 0.6) is 5.88 Å². The Morgan fingerprint density at radius 3 is 2.83 bits per heavy atom. The van der Waals surface area contributed by atoms with Crippen molar-refractivity contribution in [1.82, 2.24) is 10.2 Å². The summed E-state index contributed by atoms with van der Waals surface area (Å²) in [6.45, 7) is 0.0426. The van der Waals surface area contributed by atoms with Gasteiger partial charge in [-0.3, -0.25) is 0 Å². The molecule has 1 heterocycles. The second-order valence-electron chi connectivity index (χ2n) is 3.49. The van der Waals surface area contributed by atoms with Crippen LogP contribution >= 0.6 is 12.2 Å². The van der Waals surface area contributed by atoms with Crippen molar-refractivity contribution in [1.29, 1.82) is 0 Å². The average molecular weight is 263 g/mol. The first kappa shape index (κ1) is 12.4. The number of halogens is 1. The molecule has 0 aliphatic heterocycles. The standard InChI is InChI=1S/C12H10FN3OS/c13-10-4-2-1-3-8(10)7-17-12-9(11(14)18)5-6-15-16-12/h1-6H,7H2,(H2,14,18). The van der Waals surface area contributed by atoms with Gasteiger partial charge in [-0.05, 0) is 12.1 Å². The second-order valence-corrected chi connectivity index (χ2v) is 3.93. The van der Waals surface area contributed by atoms with Gasteiger partial charge in [0.25, 0.3) is 0 Å². The van der Waals surface area contributed by atoms with Crippen LogP contribution in [-0.4, -0.2) is 15.2 Å². The number of hydrogen-bond acceptors (Lipinski definition) is 4. The predicted molar refractivity (Wildman–Crippen MR) is 68.7 cm³/mol. The van der Waals surface area contributed by atoms with Crippen molar-refractivity contribution in [2.75, 3.05) is 0 Å². The molecule has 2 aromatic rings. The largest absolute Gasteiger partial charge is 0.471 e. The smallest absolute Gasteiger partial charge is 0.244 e. The molecule has 0 unspecified atom stereocenters. The monoisotopic (exact) mass is 263 g/mol. The molecule has 0 amide bonds. The van der Waals surface area contributed by atoms with Crippen LogP contribution in [0.2, 0.25) is 0 Å². The van der Waals surface area contributed by atoms with E-state index in [-0.39, 0.29) is 23.3 Å². The summed E-state index contributed by atoms with van der Waals surface area (Å²) in [4.78, 5) is 0.161. The minimum absolute atomic E-state index is 0.0426. The van der Waals surface area contributed by atoms with Crippen LogP contribution < -0.4 is 10.5 Å². The summed E-state index contributed by atoms with van der Waals surface area (Å²) in [5.74, 6) is -0.133. The molecular formula is C12H10FN3OS. The number of rotatable bonds is 4. The SMILES string of the molecule is NC(=S)c1ccnnc1OCc1ccccc1F. The lowest BCUT2D eigenvalue weighted by molar-refractivity contribution is 0.284. The Bertz CT molecular complexity index is 577. The second kappa shape index (κ2) is 5.50. The Morgan fingerprint density at radius 2 is 2.11 bits per heavy atom. The molecule has 0 bridgehead atoms. The molecule has 1 aromatic carbocycles. The van der Waals surface area contributed by atoms with Crippen LogP contribution in [0.15, 0.2) is 36.5 Å². The van der Waals surface area contributed by atoms with Gasteiger partial charge >= 0.3 is 0 Å². The van der Waals surface area contributed by atoms with Gasteiger partial charge in [-0.25, -0.2) is 4.39 Å². The summed E-state index contributed by atoms with van der Waals surface area (Å²) >= 11 is 4.86. The van der Waals surface area contributed by atoms with E-state index in [1.54, 1.807) is 24.3 Å². The van der Waals surface area contributed by atoms with Crippen molar-refractivity contribution < 1.29 is 9.13 Å². The number of nitrogens with zero attached hydrogens (tertiary/aromatic N) is 2. The Morgan fingerprint density at radius 1 is 1.33 bits per heavy atom. The third-order valence-electron chi connectivity index (χ3n) is 2.27. The minimum atomic E-state index is -0.335. The molecule has 6 heteroatoms. The van der Waals surface area contributed by atoms with E-state index < -0.39 is 0 Å². The molecule has 0 aliphatic carbocycles. The fourth-order valence-electron chi connectivity index (χ4n) is 1.37. The van der Waals surface area contributed by atoms with Crippen molar-refractivity contribution >= 4 is 17.2 Å². The van der Waals surface area contributed by atoms with Crippen LogP contribution in [-0.2, 0) is 6.61 Å². The van der Waals surface area contributed by atoms with E-state index in [2.05, 4.69) is 10.2 Å². The number of nitrogens with two attached hydrogens (primary N) is 1. The van der Waals surface area contributed by atoms with Crippen molar-refractivity contribution in [2.24, 2.45) is 5.73 Å². The zero-order chi connectivity index (χ0) is 13.0. The molecule has 92 valence electrons. The fraction of sp³-hybridized carbons (Fsp3) is 0.0833. The summed E-state index contributed by atoms with van der Waals surface area (Å²) in [5, 5.41) is 7.46. The van der Waals surface area contributed by atoms with Gasteiger partial charge in [0.2, 0.25) is 5.88 Å². The number of thiocarbonyl (C=S) groups is 1. The molecule has 0 saturated heterocycles. The maximum Gasteiger partial charge on any atom is 0.244 e. The lowest BCUT2D eigenvalue weighted by Crippen LogP contribution is -2.13. The number of aromatic nitrogens is 2. The topological polar surface area (TPSA) is 61.0 Å². The molecule has 18 heavy (non-hydrogen) atoms. The highest BCUT2D eigenvalue weighted by Gasteiger charge is 2.09. The predicted octanol–water partition coefficient (Wildman–Crippen LogP) is 1.83. The molecule has 0 saturated carbocycles. The number of benzene rings is 1. The molecule has 0 aliphatic rings. The summed E-state index contributed by atoms with van der Waals surface area (Å²) < 4.78 is 18.8. The Hall–Kier alpha value is -2.08. The molecule has 1 aromatic heterocycles. The van der Waals surface area contributed by atoms with E-state index in [0.29, 0.717) is 11.1 Å². The van der Waals surface area contributed by atoms with E-state index in [1.165, 1.54) is 12.3 Å². The van der Waals surface area contributed by atoms with E-state index in [1.807, 2.05) is 0 Å². The van der Waals surface area contributed by atoms with Crippen molar-refractivity contribution in [2.45, 2.75) is 6.61 Å². The Balaban J connectivity index is 2.16. The van der Waals surface area contributed by atoms with Crippen LogP contribution in [0.3, 0.4) is 0 Å². The first-order chi connectivity index (χ1) is 8.68. The van der Waals surface area contributed by atoms with E-state index in [0.717, 1.165) is 0 Å². The Labute approximate surface area is 109 Å². The van der Waals surface area contributed by atoms with Gasteiger partial charge in [-0.15, -0.1) is 5.10 Å². The van der Waals surface area contributed by atoms with Gasteiger partial charge in [0, 0.05) is 5.56 Å². The highest BCUT2D eigenvalue weighted by atomic mass is 32.1. The third-order valence-corrected chi connectivity index (χ3v) is 2.49. The van der Waals surface area contributed by atoms with Crippen molar-refractivity contribution in [3.8, 4) is 5.88 Å². The molecule has 0 radical (unpaired) electrons. The van der Waals surface area contributed by atoms with Gasteiger partial charge in [0.15, 0.2) is 0 Å². The third kappa shape index (κ3) is 2.78. The van der Waals surface area contributed by atoms with Gasteiger partial charge in [0.1, 0.15) is 17.4 Å². The molecule has 2 N–H and O–H groups in total. The van der Waals surface area contributed by atoms with Gasteiger partial charge in [0.05, 0.1) is 11.8 Å². The van der Waals surface area contributed by atoms with Gasteiger partial charge in [-0.2, -0.15) is 5.10 Å². The Kier molecular flexibility index (Phi) is 3.78. The van der Waals surface area contributed by atoms with Crippen molar-refractivity contribution in [3.05, 3.63) is 53.5 Å². The summed E-state index contributed by atoms with van der Waals surface area (Å²) in [6.07, 6.45) is 1.46. The first-order valence-corrected chi connectivity index (χ1v) is 5.57. The maximum absolute atomic E-state index is 13.4. The number of hydrogen-bond donors (Lipinski definition) is 1. The van der Waals surface area contributed by atoms with Crippen LogP contribution in [0.4, 0.5) is 4.39 Å². The molecule has 0 atom stereocenters. The summed E-state index contributed by atoms with van der Waals surface area (Å²) in [7, 11) is 0. The first-order valence-electron chi connectivity index (χ1n) is 5.16. The lowest BCUT2D eigenvalue weighted by Gasteiger charge is -2.08. The zero-order valence-electron chi connectivity index (χ0n) is 9.34. The zero-order valence-corrected chi connectivity index (χ0v) is 10.2. The molecule has 0 fully saturated rings. The highest BCUT2D eigenvalue weighted by Crippen LogP contribution is 2.15. The van der Waals surface area contributed by atoms with E-state index in [9.17, 15) is 4.39 Å². The number of ether oxygens (including phenoxy) is 1. The van der Waals surface area contributed by atoms with Crippen LogP contribution in [0.1, 0.15) is 11.1 Å². The van der Waals surface area contributed by atoms with E-state index >= 15 is 0 Å². The van der Waals surface area contributed by atoms with Gasteiger partial charge < -0.3 is 10.5 Å².